The van der Waals surface area contributed by atoms with Gasteiger partial charge in [-0.2, -0.15) is 10.1 Å². The lowest BCUT2D eigenvalue weighted by molar-refractivity contribution is 0.0930. The molecule has 0 saturated carbocycles. The van der Waals surface area contributed by atoms with Gasteiger partial charge in [-0.25, -0.2) is 0 Å². The van der Waals surface area contributed by atoms with E-state index in [4.69, 9.17) is 13.4 Å². The van der Waals surface area contributed by atoms with E-state index in [1.165, 1.54) is 6.20 Å². The van der Waals surface area contributed by atoms with E-state index in [2.05, 4.69) is 20.6 Å². The number of fused-ring (bicyclic) bond motifs is 1. The highest BCUT2D eigenvalue weighted by atomic mass is 16.5. The number of aromatic nitrogens is 4. The van der Waals surface area contributed by atoms with Gasteiger partial charge in [0.15, 0.2) is 5.82 Å². The van der Waals surface area contributed by atoms with Crippen molar-refractivity contribution in [3.8, 4) is 17.2 Å². The standard InChI is InChI=1S/C16H15N5O3/c1-9-18-16(24-20-9)10-3-4-12-13(8-23-14(12)5-10)19-15(22)11-6-17-21(2)7-11/h3-7,13H,8H2,1-2H3,(H,19,22)/t13-/m1/s1/i1D3. The maximum Gasteiger partial charge on any atom is 0.258 e. The molecule has 0 aliphatic carbocycles. The van der Waals surface area contributed by atoms with Crippen molar-refractivity contribution in [3.63, 3.8) is 0 Å². The van der Waals surface area contributed by atoms with E-state index in [9.17, 15) is 4.79 Å². The summed E-state index contributed by atoms with van der Waals surface area (Å²) in [5.41, 5.74) is 1.81. The van der Waals surface area contributed by atoms with Gasteiger partial charge in [0, 0.05) is 28.5 Å². The van der Waals surface area contributed by atoms with Crippen molar-refractivity contribution in [1.82, 2.24) is 25.2 Å². The SMILES string of the molecule is [2H]C([2H])([2H])c1noc(-c2ccc3c(c2)OC[C@H]3NC(=O)c2cnn(C)c2)n1. The van der Waals surface area contributed by atoms with Crippen LogP contribution < -0.4 is 10.1 Å². The number of ether oxygens (including phenoxy) is 1. The van der Waals surface area contributed by atoms with Crippen molar-refractivity contribution in [2.24, 2.45) is 7.05 Å². The van der Waals surface area contributed by atoms with E-state index in [0.29, 0.717) is 16.9 Å². The van der Waals surface area contributed by atoms with Gasteiger partial charge in [0.25, 0.3) is 11.8 Å². The van der Waals surface area contributed by atoms with Crippen molar-refractivity contribution < 1.29 is 18.2 Å². The number of carbonyl (C=O) groups excluding carboxylic acids is 1. The average molecular weight is 328 g/mol. The molecule has 3 heterocycles. The molecule has 1 aliphatic rings. The Morgan fingerprint density at radius 2 is 2.42 bits per heavy atom. The lowest BCUT2D eigenvalue weighted by Crippen LogP contribution is -2.29. The Morgan fingerprint density at radius 3 is 3.17 bits per heavy atom. The van der Waals surface area contributed by atoms with Crippen LogP contribution in [0.2, 0.25) is 0 Å². The first-order valence-electron chi connectivity index (χ1n) is 8.72. The van der Waals surface area contributed by atoms with Gasteiger partial charge in [-0.3, -0.25) is 9.48 Å². The number of rotatable bonds is 3. The number of hydrogen-bond acceptors (Lipinski definition) is 6. The highest BCUT2D eigenvalue weighted by Crippen LogP contribution is 2.35. The number of benzene rings is 1. The minimum absolute atomic E-state index is 0.0929. The topological polar surface area (TPSA) is 95.1 Å². The predicted molar refractivity (Wildman–Crippen MR) is 83.4 cm³/mol. The summed E-state index contributed by atoms with van der Waals surface area (Å²) < 4.78 is 34.2. The number of carbonyl (C=O) groups is 1. The minimum Gasteiger partial charge on any atom is -0.491 e. The van der Waals surface area contributed by atoms with Crippen molar-refractivity contribution in [1.29, 1.82) is 0 Å². The highest BCUT2D eigenvalue weighted by molar-refractivity contribution is 5.94. The number of nitrogens with one attached hydrogen (secondary N) is 1. The molecule has 0 bridgehead atoms. The van der Waals surface area contributed by atoms with Crippen LogP contribution in [0.1, 0.15) is 31.9 Å². The highest BCUT2D eigenvalue weighted by Gasteiger charge is 2.27. The third kappa shape index (κ3) is 2.51. The van der Waals surface area contributed by atoms with Gasteiger partial charge in [-0.1, -0.05) is 11.2 Å². The fraction of sp³-hybridized carbons (Fsp3) is 0.250. The molecule has 2 aromatic heterocycles. The molecule has 0 fully saturated rings. The van der Waals surface area contributed by atoms with Gasteiger partial charge >= 0.3 is 0 Å². The quantitative estimate of drug-likeness (QED) is 0.785. The van der Waals surface area contributed by atoms with Gasteiger partial charge in [0.05, 0.1) is 17.8 Å². The molecule has 0 spiro atoms. The molecule has 0 unspecified atom stereocenters. The number of aryl methyl sites for hydroxylation is 2. The Morgan fingerprint density at radius 1 is 1.50 bits per heavy atom. The molecule has 24 heavy (non-hydrogen) atoms. The zero-order chi connectivity index (χ0) is 19.2. The molecule has 122 valence electrons. The molecule has 8 nitrogen and oxygen atoms in total. The summed E-state index contributed by atoms with van der Waals surface area (Å²) in [6.45, 7) is -2.15. The van der Waals surface area contributed by atoms with E-state index < -0.39 is 6.85 Å². The summed E-state index contributed by atoms with van der Waals surface area (Å²) in [4.78, 5) is 16.2. The third-order valence-electron chi connectivity index (χ3n) is 3.74. The molecule has 0 saturated heterocycles. The Labute approximate surface area is 141 Å². The molecule has 1 N–H and O–H groups in total. The zero-order valence-corrected chi connectivity index (χ0v) is 12.7. The van der Waals surface area contributed by atoms with Crippen LogP contribution in [0.15, 0.2) is 35.1 Å². The molecule has 8 heteroatoms. The maximum absolute atomic E-state index is 12.3. The van der Waals surface area contributed by atoms with Crippen LogP contribution in [0.4, 0.5) is 0 Å². The van der Waals surface area contributed by atoms with Crippen LogP contribution in [0, 0.1) is 6.85 Å². The predicted octanol–water partition coefficient (Wildman–Crippen LogP) is 1.64. The molecular weight excluding hydrogens is 310 g/mol. The van der Waals surface area contributed by atoms with Gasteiger partial charge in [0.1, 0.15) is 12.4 Å². The molecule has 3 aromatic rings. The van der Waals surface area contributed by atoms with Crippen molar-refractivity contribution in [2.75, 3.05) is 6.61 Å². The number of hydrogen-bond donors (Lipinski definition) is 1. The molecule has 1 aromatic carbocycles. The maximum atomic E-state index is 12.3. The Balaban J connectivity index is 1.54. The fourth-order valence-corrected chi connectivity index (χ4v) is 2.58. The summed E-state index contributed by atoms with van der Waals surface area (Å²) in [5, 5.41) is 10.4. The van der Waals surface area contributed by atoms with E-state index >= 15 is 0 Å². The second-order valence-corrected chi connectivity index (χ2v) is 5.42. The first-order chi connectivity index (χ1) is 12.8. The average Bonchev–Trinajstić information content (AvgIpc) is 3.33. The van der Waals surface area contributed by atoms with Crippen LogP contribution in [-0.2, 0) is 7.05 Å². The summed E-state index contributed by atoms with van der Waals surface area (Å²) in [5.74, 6) is 0.0707. The van der Waals surface area contributed by atoms with Crippen molar-refractivity contribution >= 4 is 5.91 Å². The van der Waals surface area contributed by atoms with E-state index in [0.717, 1.165) is 5.56 Å². The van der Waals surface area contributed by atoms with Crippen molar-refractivity contribution in [3.05, 3.63) is 47.5 Å². The summed E-state index contributed by atoms with van der Waals surface area (Å²) in [6, 6.07) is 4.88. The third-order valence-corrected chi connectivity index (χ3v) is 3.74. The van der Waals surface area contributed by atoms with Crippen LogP contribution >= 0.6 is 0 Å². The second-order valence-electron chi connectivity index (χ2n) is 5.42. The normalized spacial score (nSPS) is 18.2. The minimum atomic E-state index is -2.43. The van der Waals surface area contributed by atoms with Crippen LogP contribution in [-0.4, -0.2) is 32.4 Å². The Hall–Kier alpha value is -3.16. The smallest absolute Gasteiger partial charge is 0.258 e. The lowest BCUT2D eigenvalue weighted by atomic mass is 10.1. The van der Waals surface area contributed by atoms with Gasteiger partial charge < -0.3 is 14.6 Å². The van der Waals surface area contributed by atoms with Crippen LogP contribution in [0.25, 0.3) is 11.5 Å². The summed E-state index contributed by atoms with van der Waals surface area (Å²) >= 11 is 0. The Bertz CT molecular complexity index is 1010. The lowest BCUT2D eigenvalue weighted by Gasteiger charge is -2.10. The molecule has 1 aliphatic heterocycles. The monoisotopic (exact) mass is 328 g/mol. The van der Waals surface area contributed by atoms with Crippen LogP contribution in [0.5, 0.6) is 5.75 Å². The first-order valence-corrected chi connectivity index (χ1v) is 7.22. The summed E-state index contributed by atoms with van der Waals surface area (Å²) in [6.07, 6.45) is 3.13. The zero-order valence-electron chi connectivity index (χ0n) is 15.7. The van der Waals surface area contributed by atoms with Crippen molar-refractivity contribution in [2.45, 2.75) is 12.9 Å². The molecule has 1 atom stereocenters. The van der Waals surface area contributed by atoms with Crippen LogP contribution in [0.3, 0.4) is 0 Å². The fourth-order valence-electron chi connectivity index (χ4n) is 2.58. The number of nitrogens with zero attached hydrogens (tertiary/aromatic N) is 4. The molecule has 0 radical (unpaired) electrons. The second kappa shape index (κ2) is 5.48. The molecule has 1 amide bonds. The van der Waals surface area contributed by atoms with Gasteiger partial charge in [-0.05, 0) is 19.0 Å². The number of amides is 1. The van der Waals surface area contributed by atoms with E-state index in [-0.39, 0.29) is 30.3 Å². The summed E-state index contributed by atoms with van der Waals surface area (Å²) in [7, 11) is 1.74. The molecular formula is C16H15N5O3. The van der Waals surface area contributed by atoms with Gasteiger partial charge in [-0.15, -0.1) is 0 Å². The van der Waals surface area contributed by atoms with E-state index in [1.807, 2.05) is 0 Å². The molecule has 4 rings (SSSR count). The van der Waals surface area contributed by atoms with E-state index in [1.54, 1.807) is 36.1 Å². The first kappa shape index (κ1) is 11.4. The largest absolute Gasteiger partial charge is 0.491 e. The van der Waals surface area contributed by atoms with Gasteiger partial charge in [0.2, 0.25) is 0 Å². The Kier molecular flexibility index (Phi) is 2.60.